The van der Waals surface area contributed by atoms with Gasteiger partial charge >= 0.3 is 5.97 Å². The molecule has 21 heavy (non-hydrogen) atoms. The summed E-state index contributed by atoms with van der Waals surface area (Å²) >= 11 is 3.40. The number of rotatable bonds is 4. The van der Waals surface area contributed by atoms with Gasteiger partial charge in [-0.2, -0.15) is 0 Å². The van der Waals surface area contributed by atoms with Gasteiger partial charge in [0.2, 0.25) is 0 Å². The lowest BCUT2D eigenvalue weighted by Gasteiger charge is -2.10. The second kappa shape index (κ2) is 6.76. The third-order valence-corrected chi connectivity index (χ3v) is 3.84. The Morgan fingerprint density at radius 3 is 2.57 bits per heavy atom. The van der Waals surface area contributed by atoms with E-state index in [4.69, 9.17) is 9.47 Å². The minimum Gasteiger partial charge on any atom is -0.493 e. The Hall–Kier alpha value is -1.81. The van der Waals surface area contributed by atoms with Crippen molar-refractivity contribution in [3.8, 4) is 11.5 Å². The Kier molecular flexibility index (Phi) is 5.02. The number of benzene rings is 2. The number of carbonyl (C=O) groups is 1. The van der Waals surface area contributed by atoms with Crippen molar-refractivity contribution in [1.82, 2.24) is 0 Å². The van der Waals surface area contributed by atoms with Gasteiger partial charge in [-0.3, -0.25) is 0 Å². The van der Waals surface area contributed by atoms with Crippen LogP contribution in [0.5, 0.6) is 11.5 Å². The van der Waals surface area contributed by atoms with Gasteiger partial charge < -0.3 is 9.47 Å². The molecule has 0 N–H and O–H groups in total. The van der Waals surface area contributed by atoms with Gasteiger partial charge in [0.05, 0.1) is 16.6 Å². The zero-order valence-corrected chi connectivity index (χ0v) is 13.9. The van der Waals surface area contributed by atoms with Crippen LogP contribution in [0.2, 0.25) is 0 Å². The molecule has 0 radical (unpaired) electrons. The Labute approximate surface area is 133 Å². The van der Waals surface area contributed by atoms with Gasteiger partial charge in [-0.05, 0) is 72.1 Å². The molecule has 0 aliphatic rings. The Morgan fingerprint density at radius 2 is 1.90 bits per heavy atom. The first kappa shape index (κ1) is 15.6. The fourth-order valence-corrected chi connectivity index (χ4v) is 2.39. The summed E-state index contributed by atoms with van der Waals surface area (Å²) < 4.78 is 11.6. The topological polar surface area (TPSA) is 35.5 Å². The molecule has 0 saturated heterocycles. The molecule has 110 valence electrons. The molecule has 0 atom stereocenters. The number of aryl methyl sites for hydroxylation is 1. The van der Waals surface area contributed by atoms with Crippen LogP contribution in [0.15, 0.2) is 40.9 Å². The van der Waals surface area contributed by atoms with Crippen molar-refractivity contribution in [3.05, 3.63) is 57.6 Å². The van der Waals surface area contributed by atoms with Crippen molar-refractivity contribution in [2.24, 2.45) is 0 Å². The molecule has 2 aromatic carbocycles. The summed E-state index contributed by atoms with van der Waals surface area (Å²) in [6.45, 7) is 6.41. The summed E-state index contributed by atoms with van der Waals surface area (Å²) in [5.41, 5.74) is 2.54. The molecule has 0 heterocycles. The largest absolute Gasteiger partial charge is 0.493 e. The average molecular weight is 349 g/mol. The third-order valence-electron chi connectivity index (χ3n) is 3.23. The van der Waals surface area contributed by atoms with E-state index in [2.05, 4.69) is 15.9 Å². The summed E-state index contributed by atoms with van der Waals surface area (Å²) in [6, 6.07) is 10.8. The third kappa shape index (κ3) is 3.64. The number of ether oxygens (including phenoxy) is 2. The zero-order chi connectivity index (χ0) is 15.4. The molecule has 3 nitrogen and oxygen atoms in total. The van der Waals surface area contributed by atoms with Crippen LogP contribution in [0.4, 0.5) is 0 Å². The van der Waals surface area contributed by atoms with Crippen molar-refractivity contribution in [2.75, 3.05) is 6.61 Å². The van der Waals surface area contributed by atoms with E-state index in [0.717, 1.165) is 15.6 Å². The van der Waals surface area contributed by atoms with Crippen LogP contribution >= 0.6 is 15.9 Å². The number of esters is 1. The molecular formula is C17H17BrO3. The van der Waals surface area contributed by atoms with Gasteiger partial charge in [0.25, 0.3) is 0 Å². The maximum Gasteiger partial charge on any atom is 0.343 e. The molecule has 4 heteroatoms. The predicted octanol–water partition coefficient (Wildman–Crippen LogP) is 4.68. The molecule has 0 aliphatic heterocycles. The molecule has 0 fully saturated rings. The fraction of sp³-hybridized carbons (Fsp3) is 0.235. The second-order valence-electron chi connectivity index (χ2n) is 4.67. The summed E-state index contributed by atoms with van der Waals surface area (Å²) in [5.74, 6) is 0.915. The summed E-state index contributed by atoms with van der Waals surface area (Å²) in [4.78, 5) is 12.2. The van der Waals surface area contributed by atoms with Gasteiger partial charge in [0.15, 0.2) is 0 Å². The molecule has 0 aromatic heterocycles. The van der Waals surface area contributed by atoms with E-state index in [-0.39, 0.29) is 5.97 Å². The van der Waals surface area contributed by atoms with Crippen LogP contribution in [-0.2, 0) is 0 Å². The minimum absolute atomic E-state index is 0.382. The molecule has 0 aliphatic carbocycles. The Bertz CT molecular complexity index is 665. The van der Waals surface area contributed by atoms with Crippen LogP contribution in [0, 0.1) is 13.8 Å². The molecule has 2 aromatic rings. The molecular weight excluding hydrogens is 332 g/mol. The highest BCUT2D eigenvalue weighted by atomic mass is 79.9. The highest BCUT2D eigenvalue weighted by Gasteiger charge is 2.13. The van der Waals surface area contributed by atoms with Gasteiger partial charge in [-0.1, -0.05) is 12.1 Å². The Morgan fingerprint density at radius 1 is 1.14 bits per heavy atom. The SMILES string of the molecule is CCOc1ccc(C(=O)Oc2cccc(C)c2C)cc1Br. The molecule has 0 bridgehead atoms. The van der Waals surface area contributed by atoms with E-state index in [9.17, 15) is 4.79 Å². The van der Waals surface area contributed by atoms with Crippen LogP contribution in [0.3, 0.4) is 0 Å². The van der Waals surface area contributed by atoms with E-state index in [0.29, 0.717) is 23.7 Å². The number of hydrogen-bond acceptors (Lipinski definition) is 3. The van der Waals surface area contributed by atoms with Gasteiger partial charge in [-0.25, -0.2) is 4.79 Å². The minimum atomic E-state index is -0.382. The van der Waals surface area contributed by atoms with Crippen molar-refractivity contribution in [3.63, 3.8) is 0 Å². The van der Waals surface area contributed by atoms with Gasteiger partial charge in [-0.15, -0.1) is 0 Å². The number of carbonyl (C=O) groups excluding carboxylic acids is 1. The zero-order valence-electron chi connectivity index (χ0n) is 12.3. The van der Waals surface area contributed by atoms with Crippen LogP contribution in [0.1, 0.15) is 28.4 Å². The van der Waals surface area contributed by atoms with E-state index in [1.165, 1.54) is 0 Å². The van der Waals surface area contributed by atoms with Crippen molar-refractivity contribution in [2.45, 2.75) is 20.8 Å². The maximum atomic E-state index is 12.2. The van der Waals surface area contributed by atoms with Crippen molar-refractivity contribution in [1.29, 1.82) is 0 Å². The molecule has 0 amide bonds. The fourth-order valence-electron chi connectivity index (χ4n) is 1.89. The molecule has 0 saturated carbocycles. The van der Waals surface area contributed by atoms with Crippen molar-refractivity contribution < 1.29 is 14.3 Å². The van der Waals surface area contributed by atoms with E-state index >= 15 is 0 Å². The smallest absolute Gasteiger partial charge is 0.343 e. The monoisotopic (exact) mass is 348 g/mol. The van der Waals surface area contributed by atoms with Crippen molar-refractivity contribution >= 4 is 21.9 Å². The lowest BCUT2D eigenvalue weighted by Crippen LogP contribution is -2.09. The maximum absolute atomic E-state index is 12.2. The normalized spacial score (nSPS) is 10.3. The quantitative estimate of drug-likeness (QED) is 0.594. The Balaban J connectivity index is 2.21. The van der Waals surface area contributed by atoms with Gasteiger partial charge in [0.1, 0.15) is 11.5 Å². The number of hydrogen-bond donors (Lipinski definition) is 0. The standard InChI is InChI=1S/C17H17BrO3/c1-4-20-16-9-8-13(10-14(16)18)17(19)21-15-7-5-6-11(2)12(15)3/h5-10H,4H2,1-3H3. The predicted molar refractivity (Wildman–Crippen MR) is 86.2 cm³/mol. The average Bonchev–Trinajstić information content (AvgIpc) is 2.46. The lowest BCUT2D eigenvalue weighted by molar-refractivity contribution is 0.0733. The van der Waals surface area contributed by atoms with E-state index < -0.39 is 0 Å². The summed E-state index contributed by atoms with van der Waals surface area (Å²) in [7, 11) is 0. The van der Waals surface area contributed by atoms with Crippen LogP contribution in [0.25, 0.3) is 0 Å². The second-order valence-corrected chi connectivity index (χ2v) is 5.52. The first-order valence-corrected chi connectivity index (χ1v) is 7.53. The number of halogens is 1. The summed E-state index contributed by atoms with van der Waals surface area (Å²) in [6.07, 6.45) is 0. The van der Waals surface area contributed by atoms with E-state index in [1.807, 2.05) is 32.9 Å². The van der Waals surface area contributed by atoms with Crippen LogP contribution in [-0.4, -0.2) is 12.6 Å². The van der Waals surface area contributed by atoms with Gasteiger partial charge in [0, 0.05) is 0 Å². The highest BCUT2D eigenvalue weighted by Crippen LogP contribution is 2.27. The molecule has 2 rings (SSSR count). The molecule has 0 spiro atoms. The van der Waals surface area contributed by atoms with Crippen LogP contribution < -0.4 is 9.47 Å². The molecule has 0 unspecified atom stereocenters. The first-order valence-electron chi connectivity index (χ1n) is 6.73. The lowest BCUT2D eigenvalue weighted by atomic mass is 10.1. The first-order chi connectivity index (χ1) is 10.0. The summed E-state index contributed by atoms with van der Waals surface area (Å²) in [5, 5.41) is 0. The highest BCUT2D eigenvalue weighted by molar-refractivity contribution is 9.10. The van der Waals surface area contributed by atoms with E-state index in [1.54, 1.807) is 24.3 Å².